The van der Waals surface area contributed by atoms with Crippen LogP contribution in [0, 0.1) is 11.8 Å². The zero-order chi connectivity index (χ0) is 9.54. The van der Waals surface area contributed by atoms with Crippen LogP contribution in [0.3, 0.4) is 0 Å². The van der Waals surface area contributed by atoms with Crippen molar-refractivity contribution in [3.8, 4) is 0 Å². The van der Waals surface area contributed by atoms with Gasteiger partial charge in [-0.2, -0.15) is 0 Å². The van der Waals surface area contributed by atoms with Gasteiger partial charge in [0.15, 0.2) is 0 Å². The van der Waals surface area contributed by atoms with Gasteiger partial charge in [-0.05, 0) is 55.0 Å². The van der Waals surface area contributed by atoms with Gasteiger partial charge >= 0.3 is 0 Å². The van der Waals surface area contributed by atoms with Crippen molar-refractivity contribution in [2.75, 3.05) is 13.1 Å². The van der Waals surface area contributed by atoms with Gasteiger partial charge in [-0.15, -0.1) is 0 Å². The maximum atomic E-state index is 6.00. The van der Waals surface area contributed by atoms with Crippen LogP contribution < -0.4 is 5.32 Å². The van der Waals surface area contributed by atoms with Gasteiger partial charge in [-0.1, -0.05) is 23.7 Å². The summed E-state index contributed by atoms with van der Waals surface area (Å²) in [4.78, 5) is 0. The van der Waals surface area contributed by atoms with E-state index in [9.17, 15) is 0 Å². The van der Waals surface area contributed by atoms with Crippen LogP contribution in [0.1, 0.15) is 17.9 Å². The van der Waals surface area contributed by atoms with Crippen LogP contribution in [-0.4, -0.2) is 13.1 Å². The van der Waals surface area contributed by atoms with Crippen molar-refractivity contribution >= 4 is 11.6 Å². The van der Waals surface area contributed by atoms with Crippen molar-refractivity contribution in [3.63, 3.8) is 0 Å². The Balaban J connectivity index is 1.83. The molecule has 2 fully saturated rings. The molecule has 1 nitrogen and oxygen atoms in total. The van der Waals surface area contributed by atoms with E-state index >= 15 is 0 Å². The van der Waals surface area contributed by atoms with E-state index in [0.717, 1.165) is 22.8 Å². The van der Waals surface area contributed by atoms with Crippen molar-refractivity contribution in [3.05, 3.63) is 34.9 Å². The number of halogens is 1. The number of benzene rings is 1. The fraction of sp³-hybridized carbons (Fsp3) is 0.500. The molecule has 0 spiro atoms. The summed E-state index contributed by atoms with van der Waals surface area (Å²) in [7, 11) is 0. The normalized spacial score (nSPS) is 35.1. The maximum absolute atomic E-state index is 6.00. The lowest BCUT2D eigenvalue weighted by Gasteiger charge is -2.40. The lowest BCUT2D eigenvalue weighted by Crippen LogP contribution is -2.33. The standard InChI is InChI=1S/C12H14ClN/c13-10-3-1-2-8(4-10)11-5-9-6-14-7-12(9)11/h1-4,9,11-12,14H,5-7H2. The molecule has 1 aliphatic carbocycles. The molecule has 2 heteroatoms. The molecular weight excluding hydrogens is 194 g/mol. The van der Waals surface area contributed by atoms with Crippen LogP contribution in [0.4, 0.5) is 0 Å². The van der Waals surface area contributed by atoms with E-state index in [2.05, 4.69) is 23.5 Å². The Bertz CT molecular complexity index is 350. The fourth-order valence-corrected chi connectivity index (χ4v) is 3.11. The predicted molar refractivity (Wildman–Crippen MR) is 58.7 cm³/mol. The monoisotopic (exact) mass is 207 g/mol. The first-order valence-electron chi connectivity index (χ1n) is 5.31. The minimum absolute atomic E-state index is 0.758. The van der Waals surface area contributed by atoms with Gasteiger partial charge in [0, 0.05) is 5.02 Å². The molecule has 1 N–H and O–H groups in total. The van der Waals surface area contributed by atoms with E-state index in [1.54, 1.807) is 0 Å². The van der Waals surface area contributed by atoms with Crippen LogP contribution >= 0.6 is 11.6 Å². The summed E-state index contributed by atoms with van der Waals surface area (Å²) >= 11 is 6.00. The second kappa shape index (κ2) is 3.25. The third kappa shape index (κ3) is 1.27. The second-order valence-electron chi connectivity index (χ2n) is 4.48. The average molecular weight is 208 g/mol. The van der Waals surface area contributed by atoms with Gasteiger partial charge in [0.2, 0.25) is 0 Å². The molecule has 74 valence electrons. The molecule has 0 bridgehead atoms. The summed E-state index contributed by atoms with van der Waals surface area (Å²) in [6.45, 7) is 2.42. The van der Waals surface area contributed by atoms with Crippen molar-refractivity contribution in [2.24, 2.45) is 11.8 Å². The number of fused-ring (bicyclic) bond motifs is 1. The minimum atomic E-state index is 0.758. The molecule has 1 aromatic rings. The first-order chi connectivity index (χ1) is 6.84. The molecule has 1 saturated carbocycles. The molecule has 14 heavy (non-hydrogen) atoms. The highest BCUT2D eigenvalue weighted by atomic mass is 35.5. The molecule has 1 aliphatic heterocycles. The summed E-state index contributed by atoms with van der Waals surface area (Å²) in [6.07, 6.45) is 1.35. The molecular formula is C12H14ClN. The van der Waals surface area contributed by atoms with E-state index in [1.807, 2.05) is 6.07 Å². The van der Waals surface area contributed by atoms with Gasteiger partial charge in [0.05, 0.1) is 0 Å². The van der Waals surface area contributed by atoms with Gasteiger partial charge in [-0.3, -0.25) is 0 Å². The van der Waals surface area contributed by atoms with Gasteiger partial charge in [-0.25, -0.2) is 0 Å². The Kier molecular flexibility index (Phi) is 2.03. The fourth-order valence-electron chi connectivity index (χ4n) is 2.91. The van der Waals surface area contributed by atoms with Crippen molar-refractivity contribution in [1.29, 1.82) is 0 Å². The molecule has 3 rings (SSSR count). The molecule has 1 aromatic carbocycles. The SMILES string of the molecule is Clc1cccc(C2CC3CNCC32)c1. The molecule has 1 heterocycles. The van der Waals surface area contributed by atoms with Gasteiger partial charge < -0.3 is 5.32 Å². The summed E-state index contributed by atoms with van der Waals surface area (Å²) in [5.41, 5.74) is 1.43. The van der Waals surface area contributed by atoms with E-state index < -0.39 is 0 Å². The summed E-state index contributed by atoms with van der Waals surface area (Å²) in [5, 5.41) is 4.34. The molecule has 0 aromatic heterocycles. The van der Waals surface area contributed by atoms with Crippen molar-refractivity contribution < 1.29 is 0 Å². The van der Waals surface area contributed by atoms with E-state index in [4.69, 9.17) is 11.6 Å². The highest BCUT2D eigenvalue weighted by Gasteiger charge is 2.44. The molecule has 0 radical (unpaired) electrons. The Morgan fingerprint density at radius 2 is 2.21 bits per heavy atom. The smallest absolute Gasteiger partial charge is 0.0408 e. The third-order valence-corrected chi connectivity index (χ3v) is 3.98. The third-order valence-electron chi connectivity index (χ3n) is 3.74. The first-order valence-corrected chi connectivity index (χ1v) is 5.68. The molecule has 2 aliphatic rings. The Labute approximate surface area is 89.5 Å². The van der Waals surface area contributed by atoms with Crippen molar-refractivity contribution in [2.45, 2.75) is 12.3 Å². The lowest BCUT2D eigenvalue weighted by atomic mass is 9.64. The van der Waals surface area contributed by atoms with Crippen molar-refractivity contribution in [1.82, 2.24) is 5.32 Å². The van der Waals surface area contributed by atoms with E-state index in [-0.39, 0.29) is 0 Å². The Morgan fingerprint density at radius 3 is 3.00 bits per heavy atom. The average Bonchev–Trinajstić information content (AvgIpc) is 2.48. The molecule has 3 atom stereocenters. The summed E-state index contributed by atoms with van der Waals surface area (Å²) < 4.78 is 0. The number of hydrogen-bond acceptors (Lipinski definition) is 1. The number of rotatable bonds is 1. The van der Waals surface area contributed by atoms with Gasteiger partial charge in [0.1, 0.15) is 0 Å². The highest BCUT2D eigenvalue weighted by molar-refractivity contribution is 6.30. The topological polar surface area (TPSA) is 12.0 Å². The largest absolute Gasteiger partial charge is 0.316 e. The van der Waals surface area contributed by atoms with Crippen LogP contribution in [0.15, 0.2) is 24.3 Å². The number of hydrogen-bond donors (Lipinski definition) is 1. The van der Waals surface area contributed by atoms with Crippen LogP contribution in [-0.2, 0) is 0 Å². The minimum Gasteiger partial charge on any atom is -0.316 e. The van der Waals surface area contributed by atoms with Gasteiger partial charge in [0.25, 0.3) is 0 Å². The predicted octanol–water partition coefficient (Wildman–Crippen LogP) is 2.66. The molecule has 3 unspecified atom stereocenters. The first kappa shape index (κ1) is 8.75. The lowest BCUT2D eigenvalue weighted by molar-refractivity contribution is 0.191. The molecule has 1 saturated heterocycles. The Hall–Kier alpha value is -0.530. The Morgan fingerprint density at radius 1 is 1.29 bits per heavy atom. The van der Waals surface area contributed by atoms with E-state index in [0.29, 0.717) is 0 Å². The highest BCUT2D eigenvalue weighted by Crippen LogP contribution is 2.49. The van der Waals surface area contributed by atoms with Crippen LogP contribution in [0.2, 0.25) is 5.02 Å². The maximum Gasteiger partial charge on any atom is 0.0408 e. The van der Waals surface area contributed by atoms with E-state index in [1.165, 1.54) is 25.1 Å². The summed E-state index contributed by atoms with van der Waals surface area (Å²) in [6, 6.07) is 8.35. The second-order valence-corrected chi connectivity index (χ2v) is 4.92. The zero-order valence-electron chi connectivity index (χ0n) is 8.04. The molecule has 0 amide bonds. The van der Waals surface area contributed by atoms with Crippen LogP contribution in [0.25, 0.3) is 0 Å². The van der Waals surface area contributed by atoms with Crippen LogP contribution in [0.5, 0.6) is 0 Å². The summed E-state index contributed by atoms with van der Waals surface area (Å²) in [5.74, 6) is 2.56. The number of nitrogens with one attached hydrogen (secondary N) is 1. The zero-order valence-corrected chi connectivity index (χ0v) is 8.80. The quantitative estimate of drug-likeness (QED) is 0.747.